The van der Waals surface area contributed by atoms with Crippen molar-refractivity contribution in [1.29, 1.82) is 0 Å². The van der Waals surface area contributed by atoms with Crippen LogP contribution in [0.4, 0.5) is 0 Å². The molecule has 0 unspecified atom stereocenters. The second-order valence-corrected chi connectivity index (χ2v) is 9.49. The number of aliphatic hydroxyl groups is 1. The van der Waals surface area contributed by atoms with Gasteiger partial charge >= 0.3 is 0 Å². The number of unbranched alkanes of at least 4 members (excludes halogenated alkanes) is 1. The van der Waals surface area contributed by atoms with Crippen LogP contribution in [0.2, 0.25) is 0 Å². The molecule has 1 atom stereocenters. The number of nitrogens with zero attached hydrogens (tertiary/aromatic N) is 2. The number of pyridine rings is 1. The van der Waals surface area contributed by atoms with E-state index in [1.54, 1.807) is 54.9 Å². The van der Waals surface area contributed by atoms with Crippen LogP contribution in [0.5, 0.6) is 23.0 Å². The van der Waals surface area contributed by atoms with E-state index in [1.165, 1.54) is 4.90 Å². The molecule has 40 heavy (non-hydrogen) atoms. The van der Waals surface area contributed by atoms with Crippen molar-refractivity contribution in [1.82, 2.24) is 9.88 Å². The first-order valence-electron chi connectivity index (χ1n) is 13.5. The number of rotatable bonds is 10. The van der Waals surface area contributed by atoms with Crippen molar-refractivity contribution >= 4 is 17.4 Å². The first-order valence-corrected chi connectivity index (χ1v) is 13.5. The van der Waals surface area contributed by atoms with Gasteiger partial charge in [-0.05, 0) is 60.9 Å². The second-order valence-electron chi connectivity index (χ2n) is 9.49. The number of hydrogen-bond acceptors (Lipinski definition) is 8. The molecule has 3 heterocycles. The van der Waals surface area contributed by atoms with E-state index in [4.69, 9.17) is 18.9 Å². The molecule has 208 valence electrons. The fourth-order valence-electron chi connectivity index (χ4n) is 4.83. The molecule has 0 aliphatic carbocycles. The summed E-state index contributed by atoms with van der Waals surface area (Å²) >= 11 is 0. The summed E-state index contributed by atoms with van der Waals surface area (Å²) < 4.78 is 23.1. The van der Waals surface area contributed by atoms with Crippen LogP contribution in [0.15, 0.2) is 66.5 Å². The Morgan fingerprint density at radius 1 is 1.02 bits per heavy atom. The minimum atomic E-state index is -0.877. The molecule has 5 rings (SSSR count). The van der Waals surface area contributed by atoms with Gasteiger partial charge in [-0.15, -0.1) is 0 Å². The second kappa shape index (κ2) is 12.1. The molecule has 1 aromatic heterocycles. The molecule has 2 aliphatic rings. The number of aromatic nitrogens is 1. The van der Waals surface area contributed by atoms with Crippen molar-refractivity contribution in [2.24, 2.45) is 0 Å². The molecule has 9 heteroatoms. The van der Waals surface area contributed by atoms with Crippen molar-refractivity contribution in [2.45, 2.75) is 39.3 Å². The normalized spacial score (nSPS) is 17.6. The zero-order chi connectivity index (χ0) is 28.1. The predicted octanol–water partition coefficient (Wildman–Crippen LogP) is 5.05. The van der Waals surface area contributed by atoms with Gasteiger partial charge in [0.2, 0.25) is 0 Å². The van der Waals surface area contributed by atoms with Gasteiger partial charge in [0.15, 0.2) is 23.0 Å². The predicted molar refractivity (Wildman–Crippen MR) is 148 cm³/mol. The van der Waals surface area contributed by atoms with Crippen molar-refractivity contribution in [2.75, 3.05) is 26.4 Å². The highest BCUT2D eigenvalue weighted by Crippen LogP contribution is 2.43. The number of carbonyl (C=O) groups is 2. The maximum atomic E-state index is 13.5. The highest BCUT2D eigenvalue weighted by atomic mass is 16.6. The Morgan fingerprint density at radius 2 is 1.85 bits per heavy atom. The van der Waals surface area contributed by atoms with Crippen molar-refractivity contribution in [3.63, 3.8) is 0 Å². The number of aliphatic hydroxyl groups excluding tert-OH is 1. The number of hydrogen-bond donors (Lipinski definition) is 1. The smallest absolute Gasteiger partial charge is 0.295 e. The van der Waals surface area contributed by atoms with Crippen LogP contribution in [0.1, 0.15) is 49.4 Å². The standard InChI is InChI=1S/C31H32N2O7/c1-3-5-13-38-23-10-8-21(16-25(23)37-4-2)28-27(29(34)22-9-11-24-26(17-22)40-15-14-39-24)30(35)31(36)33(28)19-20-7-6-12-32-18-20/h6-12,16-18,28,34H,3-5,13-15,19H2,1-2H3/t28-/m1/s1. The number of Topliss-reactive ketones (excluding diaryl/α,β-unsaturated/α-hetero) is 1. The number of benzene rings is 2. The summed E-state index contributed by atoms with van der Waals surface area (Å²) in [6, 6.07) is 13.0. The van der Waals surface area contributed by atoms with E-state index < -0.39 is 17.7 Å². The lowest BCUT2D eigenvalue weighted by Crippen LogP contribution is -2.29. The summed E-state index contributed by atoms with van der Waals surface area (Å²) in [4.78, 5) is 32.5. The van der Waals surface area contributed by atoms with Gasteiger partial charge in [-0.2, -0.15) is 0 Å². The summed E-state index contributed by atoms with van der Waals surface area (Å²) in [5.41, 5.74) is 1.68. The van der Waals surface area contributed by atoms with E-state index in [0.717, 1.165) is 18.4 Å². The fraction of sp³-hybridized carbons (Fsp3) is 0.323. The van der Waals surface area contributed by atoms with Gasteiger partial charge in [-0.1, -0.05) is 25.5 Å². The molecule has 1 saturated heterocycles. The van der Waals surface area contributed by atoms with Crippen LogP contribution in [-0.2, 0) is 16.1 Å². The van der Waals surface area contributed by atoms with Gasteiger partial charge in [0, 0.05) is 24.5 Å². The molecule has 0 bridgehead atoms. The topological polar surface area (TPSA) is 107 Å². The third-order valence-corrected chi connectivity index (χ3v) is 6.77. The van der Waals surface area contributed by atoms with Gasteiger partial charge < -0.3 is 29.0 Å². The number of carbonyl (C=O) groups excluding carboxylic acids is 2. The average Bonchev–Trinajstić information content (AvgIpc) is 3.23. The van der Waals surface area contributed by atoms with Crippen LogP contribution in [0.3, 0.4) is 0 Å². The molecule has 1 N–H and O–H groups in total. The molecule has 1 amide bonds. The third-order valence-electron chi connectivity index (χ3n) is 6.77. The maximum Gasteiger partial charge on any atom is 0.295 e. The largest absolute Gasteiger partial charge is 0.507 e. The van der Waals surface area contributed by atoms with Gasteiger partial charge in [0.25, 0.3) is 11.7 Å². The van der Waals surface area contributed by atoms with E-state index in [1.807, 2.05) is 13.0 Å². The quantitative estimate of drug-likeness (QED) is 0.164. The minimum absolute atomic E-state index is 0.0207. The molecule has 3 aromatic rings. The fourth-order valence-corrected chi connectivity index (χ4v) is 4.83. The van der Waals surface area contributed by atoms with Crippen molar-refractivity contribution in [3.05, 3.63) is 83.2 Å². The van der Waals surface area contributed by atoms with Crippen LogP contribution in [0, 0.1) is 0 Å². The minimum Gasteiger partial charge on any atom is -0.507 e. The van der Waals surface area contributed by atoms with E-state index in [2.05, 4.69) is 11.9 Å². The highest BCUT2D eigenvalue weighted by Gasteiger charge is 2.46. The summed E-state index contributed by atoms with van der Waals surface area (Å²) in [6.07, 6.45) is 5.18. The van der Waals surface area contributed by atoms with Crippen molar-refractivity contribution < 1.29 is 33.6 Å². The summed E-state index contributed by atoms with van der Waals surface area (Å²) in [6.45, 7) is 5.83. The molecule has 2 aromatic carbocycles. The van der Waals surface area contributed by atoms with Crippen LogP contribution >= 0.6 is 0 Å². The summed E-state index contributed by atoms with van der Waals surface area (Å²) in [5, 5.41) is 11.5. The Morgan fingerprint density at radius 3 is 2.60 bits per heavy atom. The van der Waals surface area contributed by atoms with E-state index >= 15 is 0 Å². The molecule has 9 nitrogen and oxygen atoms in total. The Balaban J connectivity index is 1.61. The first-order chi connectivity index (χ1) is 19.5. The lowest BCUT2D eigenvalue weighted by molar-refractivity contribution is -0.140. The van der Waals surface area contributed by atoms with Gasteiger partial charge in [0.05, 0.1) is 24.8 Å². The van der Waals surface area contributed by atoms with Crippen LogP contribution in [0.25, 0.3) is 5.76 Å². The Bertz CT molecular complexity index is 1420. The number of likely N-dealkylation sites (tertiary alicyclic amines) is 1. The van der Waals surface area contributed by atoms with Gasteiger partial charge in [0.1, 0.15) is 19.0 Å². The summed E-state index contributed by atoms with van der Waals surface area (Å²) in [5.74, 6) is 0.310. The Kier molecular flexibility index (Phi) is 8.19. The van der Waals surface area contributed by atoms with Gasteiger partial charge in [-0.25, -0.2) is 0 Å². The highest BCUT2D eigenvalue weighted by molar-refractivity contribution is 6.46. The third kappa shape index (κ3) is 5.45. The van der Waals surface area contributed by atoms with E-state index in [-0.39, 0.29) is 17.9 Å². The summed E-state index contributed by atoms with van der Waals surface area (Å²) in [7, 11) is 0. The molecule has 2 aliphatic heterocycles. The van der Waals surface area contributed by atoms with Crippen LogP contribution < -0.4 is 18.9 Å². The van der Waals surface area contributed by atoms with E-state index in [9.17, 15) is 14.7 Å². The first kappa shape index (κ1) is 27.1. The van der Waals surface area contributed by atoms with E-state index in [0.29, 0.717) is 60.6 Å². The van der Waals surface area contributed by atoms with Crippen LogP contribution in [-0.4, -0.2) is 53.1 Å². The maximum absolute atomic E-state index is 13.5. The molecule has 0 radical (unpaired) electrons. The average molecular weight is 545 g/mol. The Labute approximate surface area is 233 Å². The molecule has 1 fully saturated rings. The lowest BCUT2D eigenvalue weighted by Gasteiger charge is -2.26. The number of ketones is 1. The van der Waals surface area contributed by atoms with Gasteiger partial charge in [-0.3, -0.25) is 14.6 Å². The number of ether oxygens (including phenoxy) is 4. The molecule has 0 saturated carbocycles. The Hall–Kier alpha value is -4.53. The zero-order valence-corrected chi connectivity index (χ0v) is 22.6. The molecular weight excluding hydrogens is 512 g/mol. The number of fused-ring (bicyclic) bond motifs is 1. The van der Waals surface area contributed by atoms with Crippen molar-refractivity contribution in [3.8, 4) is 23.0 Å². The monoisotopic (exact) mass is 544 g/mol. The molecule has 0 spiro atoms. The zero-order valence-electron chi connectivity index (χ0n) is 22.6. The molecular formula is C31H32N2O7. The SMILES string of the molecule is CCCCOc1ccc([C@@H]2C(=C(O)c3ccc4c(c3)OCCO4)C(=O)C(=O)N2Cc2cccnc2)cc1OCC. The lowest BCUT2D eigenvalue weighted by atomic mass is 9.94. The number of amides is 1.